The third-order valence-corrected chi connectivity index (χ3v) is 5.11. The van der Waals surface area contributed by atoms with Crippen molar-refractivity contribution >= 4 is 0 Å². The molecule has 1 aliphatic heterocycles. The normalized spacial score (nSPS) is 17.8. The molecule has 0 radical (unpaired) electrons. The van der Waals surface area contributed by atoms with E-state index in [2.05, 4.69) is 21.2 Å². The third kappa shape index (κ3) is 4.17. The van der Waals surface area contributed by atoms with Crippen molar-refractivity contribution in [2.45, 2.75) is 25.3 Å². The first kappa shape index (κ1) is 17.7. The maximum atomic E-state index is 5.33. The Balaban J connectivity index is 1.50. The van der Waals surface area contributed by atoms with Crippen molar-refractivity contribution in [3.63, 3.8) is 0 Å². The van der Waals surface area contributed by atoms with Gasteiger partial charge < -0.3 is 4.74 Å². The average molecular weight is 363 g/mol. The fourth-order valence-electron chi connectivity index (χ4n) is 3.75. The molecule has 6 heteroatoms. The van der Waals surface area contributed by atoms with Crippen LogP contribution < -0.4 is 4.74 Å². The lowest BCUT2D eigenvalue weighted by Crippen LogP contribution is -2.34. The lowest BCUT2D eigenvalue weighted by Gasteiger charge is -2.32. The van der Waals surface area contributed by atoms with Gasteiger partial charge in [0.15, 0.2) is 0 Å². The van der Waals surface area contributed by atoms with Crippen molar-refractivity contribution in [2.24, 2.45) is 7.05 Å². The molecule has 1 aliphatic rings. The molecule has 4 rings (SSSR count). The molecule has 0 amide bonds. The van der Waals surface area contributed by atoms with Gasteiger partial charge in [-0.15, -0.1) is 0 Å². The monoisotopic (exact) mass is 363 g/mol. The van der Waals surface area contributed by atoms with Gasteiger partial charge in [-0.25, -0.2) is 4.98 Å². The van der Waals surface area contributed by atoms with Gasteiger partial charge in [-0.1, -0.05) is 12.1 Å². The maximum absolute atomic E-state index is 5.33. The number of likely N-dealkylation sites (tertiary alicyclic amines) is 1. The van der Waals surface area contributed by atoms with Crippen LogP contribution in [0.1, 0.15) is 30.0 Å². The number of methoxy groups -OCH3 is 1. The van der Waals surface area contributed by atoms with Gasteiger partial charge in [0.2, 0.25) is 0 Å². The van der Waals surface area contributed by atoms with E-state index < -0.39 is 0 Å². The summed E-state index contributed by atoms with van der Waals surface area (Å²) in [5.74, 6) is 1.24. The second kappa shape index (κ2) is 7.88. The molecular weight excluding hydrogens is 338 g/mol. The Kier molecular flexibility index (Phi) is 5.16. The summed E-state index contributed by atoms with van der Waals surface area (Å²) in [5.41, 5.74) is 4.27. The van der Waals surface area contributed by atoms with Gasteiger partial charge >= 0.3 is 0 Å². The summed E-state index contributed by atoms with van der Waals surface area (Å²) in [4.78, 5) is 11.9. The van der Waals surface area contributed by atoms with E-state index in [0.717, 1.165) is 48.8 Å². The number of aromatic nitrogens is 4. The van der Waals surface area contributed by atoms with E-state index in [1.165, 1.54) is 12.0 Å². The van der Waals surface area contributed by atoms with E-state index in [4.69, 9.17) is 9.72 Å². The molecule has 27 heavy (non-hydrogen) atoms. The van der Waals surface area contributed by atoms with Crippen LogP contribution in [0.15, 0.2) is 49.1 Å². The molecule has 1 saturated heterocycles. The molecule has 140 valence electrons. The van der Waals surface area contributed by atoms with Crippen LogP contribution in [-0.2, 0) is 13.6 Å². The minimum atomic E-state index is 0.411. The molecular formula is C21H25N5O. The third-order valence-electron chi connectivity index (χ3n) is 5.11. The summed E-state index contributed by atoms with van der Waals surface area (Å²) in [7, 11) is 3.64. The number of hydrogen-bond acceptors (Lipinski definition) is 5. The largest absolute Gasteiger partial charge is 0.497 e. The second-order valence-corrected chi connectivity index (χ2v) is 7.16. The van der Waals surface area contributed by atoms with Gasteiger partial charge in [0.25, 0.3) is 0 Å². The summed E-state index contributed by atoms with van der Waals surface area (Å²) >= 11 is 0. The van der Waals surface area contributed by atoms with Crippen molar-refractivity contribution in [1.29, 1.82) is 0 Å². The minimum Gasteiger partial charge on any atom is -0.497 e. The first-order chi connectivity index (χ1) is 13.2. The molecule has 0 bridgehead atoms. The molecule has 1 fully saturated rings. The molecule has 0 N–H and O–H groups in total. The lowest BCUT2D eigenvalue weighted by atomic mass is 9.94. The number of nitrogens with zero attached hydrogens (tertiary/aromatic N) is 5. The van der Waals surface area contributed by atoms with Crippen molar-refractivity contribution < 1.29 is 4.74 Å². The molecule has 1 atom stereocenters. The highest BCUT2D eigenvalue weighted by Crippen LogP contribution is 2.28. The highest BCUT2D eigenvalue weighted by atomic mass is 16.5. The van der Waals surface area contributed by atoms with Gasteiger partial charge in [0.05, 0.1) is 30.9 Å². The number of ether oxygens (including phenoxy) is 1. The Labute approximate surface area is 159 Å². The molecule has 3 heterocycles. The Morgan fingerprint density at radius 3 is 2.96 bits per heavy atom. The highest BCUT2D eigenvalue weighted by Gasteiger charge is 2.23. The molecule has 3 aromatic rings. The van der Waals surface area contributed by atoms with Crippen molar-refractivity contribution in [3.8, 4) is 17.0 Å². The maximum Gasteiger partial charge on any atom is 0.119 e. The van der Waals surface area contributed by atoms with E-state index in [1.807, 2.05) is 54.6 Å². The van der Waals surface area contributed by atoms with Crippen molar-refractivity contribution in [1.82, 2.24) is 24.6 Å². The standard InChI is InChI=1S/C21H25N5O/c1-25-13-16(10-23-25)14-26-8-4-6-18(15-26)21-12-22-11-20(24-21)17-5-3-7-19(9-17)27-2/h3,5,7,9-13,18H,4,6,8,14-15H2,1-2H3. The first-order valence-corrected chi connectivity index (χ1v) is 9.37. The Hall–Kier alpha value is -2.73. The summed E-state index contributed by atoms with van der Waals surface area (Å²) in [6.45, 7) is 3.06. The molecule has 2 aromatic heterocycles. The number of benzene rings is 1. The number of piperidine rings is 1. The van der Waals surface area contributed by atoms with Gasteiger partial charge in [-0.3, -0.25) is 14.6 Å². The fraction of sp³-hybridized carbons (Fsp3) is 0.381. The lowest BCUT2D eigenvalue weighted by molar-refractivity contribution is 0.198. The van der Waals surface area contributed by atoms with Crippen LogP contribution in [0, 0.1) is 0 Å². The molecule has 1 aromatic carbocycles. The topological polar surface area (TPSA) is 56.1 Å². The predicted octanol–water partition coefficient (Wildman–Crippen LogP) is 3.27. The van der Waals surface area contributed by atoms with Gasteiger partial charge in [-0.2, -0.15) is 5.10 Å². The van der Waals surface area contributed by atoms with Gasteiger partial charge in [-0.05, 0) is 31.5 Å². The van der Waals surface area contributed by atoms with Crippen LogP contribution in [0.5, 0.6) is 5.75 Å². The van der Waals surface area contributed by atoms with Crippen molar-refractivity contribution in [3.05, 3.63) is 60.3 Å². The van der Waals surface area contributed by atoms with Gasteiger partial charge in [0, 0.05) is 49.6 Å². The van der Waals surface area contributed by atoms with E-state index in [9.17, 15) is 0 Å². The molecule has 0 saturated carbocycles. The Morgan fingerprint density at radius 1 is 1.22 bits per heavy atom. The smallest absolute Gasteiger partial charge is 0.119 e. The second-order valence-electron chi connectivity index (χ2n) is 7.16. The zero-order valence-electron chi connectivity index (χ0n) is 15.9. The quantitative estimate of drug-likeness (QED) is 0.696. The van der Waals surface area contributed by atoms with Crippen LogP contribution >= 0.6 is 0 Å². The number of hydrogen-bond donors (Lipinski definition) is 0. The van der Waals surface area contributed by atoms with E-state index >= 15 is 0 Å². The average Bonchev–Trinajstić information content (AvgIpc) is 3.13. The van der Waals surface area contributed by atoms with Crippen LogP contribution in [0.2, 0.25) is 0 Å². The van der Waals surface area contributed by atoms with Crippen LogP contribution in [-0.4, -0.2) is 44.8 Å². The Morgan fingerprint density at radius 2 is 2.15 bits per heavy atom. The summed E-state index contributed by atoms with van der Waals surface area (Å²) in [5, 5.41) is 4.28. The first-order valence-electron chi connectivity index (χ1n) is 9.37. The summed E-state index contributed by atoms with van der Waals surface area (Å²) in [6, 6.07) is 7.98. The minimum absolute atomic E-state index is 0.411. The number of rotatable bonds is 5. The number of aryl methyl sites for hydroxylation is 1. The van der Waals surface area contributed by atoms with Crippen LogP contribution in [0.3, 0.4) is 0 Å². The van der Waals surface area contributed by atoms with Crippen LogP contribution in [0.4, 0.5) is 0 Å². The SMILES string of the molecule is COc1cccc(-c2cncc(C3CCCN(Cc4cnn(C)c4)C3)n2)c1. The molecule has 0 aliphatic carbocycles. The van der Waals surface area contributed by atoms with Crippen molar-refractivity contribution in [2.75, 3.05) is 20.2 Å². The zero-order valence-corrected chi connectivity index (χ0v) is 15.9. The predicted molar refractivity (Wildman–Crippen MR) is 104 cm³/mol. The molecule has 1 unspecified atom stereocenters. The zero-order chi connectivity index (χ0) is 18.6. The van der Waals surface area contributed by atoms with E-state index in [-0.39, 0.29) is 0 Å². The van der Waals surface area contributed by atoms with E-state index in [1.54, 1.807) is 7.11 Å². The molecule has 0 spiro atoms. The summed E-state index contributed by atoms with van der Waals surface area (Å²) in [6.07, 6.45) is 10.1. The molecule has 6 nitrogen and oxygen atoms in total. The van der Waals surface area contributed by atoms with Crippen LogP contribution in [0.25, 0.3) is 11.3 Å². The van der Waals surface area contributed by atoms with Gasteiger partial charge in [0.1, 0.15) is 5.75 Å². The summed E-state index contributed by atoms with van der Waals surface area (Å²) < 4.78 is 7.19. The van der Waals surface area contributed by atoms with E-state index in [0.29, 0.717) is 5.92 Å². The highest BCUT2D eigenvalue weighted by molar-refractivity contribution is 5.60. The fourth-order valence-corrected chi connectivity index (χ4v) is 3.75. The Bertz CT molecular complexity index is 907.